The van der Waals surface area contributed by atoms with Crippen molar-refractivity contribution in [2.45, 2.75) is 41.5 Å². The van der Waals surface area contributed by atoms with Gasteiger partial charge < -0.3 is 47.0 Å². The highest BCUT2D eigenvalue weighted by Gasteiger charge is 2.27. The number of esters is 2. The van der Waals surface area contributed by atoms with Gasteiger partial charge in [0, 0.05) is 28.2 Å². The molecule has 0 aliphatic heterocycles. The van der Waals surface area contributed by atoms with Gasteiger partial charge >= 0.3 is 24.0 Å². The van der Waals surface area contributed by atoms with Crippen molar-refractivity contribution in [1.29, 1.82) is 0 Å². The molecule has 0 atom stereocenters. The maximum absolute atomic E-state index is 12.3. The summed E-state index contributed by atoms with van der Waals surface area (Å²) in [7, 11) is 10.3. The van der Waals surface area contributed by atoms with Gasteiger partial charge in [-0.15, -0.1) is 40.9 Å². The highest BCUT2D eigenvalue weighted by atomic mass is 16.5. The van der Waals surface area contributed by atoms with Crippen molar-refractivity contribution in [3.63, 3.8) is 0 Å². The molecular weight excluding hydrogens is 1210 g/mol. The lowest BCUT2D eigenvalue weighted by Gasteiger charge is -2.08. The molecule has 0 fully saturated rings. The third-order valence-electron chi connectivity index (χ3n) is 12.9. The van der Waals surface area contributed by atoms with E-state index in [0.717, 1.165) is 0 Å². The molecule has 43 heteroatoms. The van der Waals surface area contributed by atoms with Crippen LogP contribution in [0.2, 0.25) is 0 Å². The Labute approximate surface area is 516 Å². The van der Waals surface area contributed by atoms with Gasteiger partial charge in [0.2, 0.25) is 0 Å². The molecule has 10 heterocycles. The van der Waals surface area contributed by atoms with Gasteiger partial charge in [0.25, 0.3) is 23.8 Å². The van der Waals surface area contributed by atoms with E-state index in [-0.39, 0.29) is 134 Å². The maximum atomic E-state index is 12.3. The summed E-state index contributed by atoms with van der Waals surface area (Å²) < 4.78 is 30.7. The standard InChI is InChI=1S/C25H29N17O4.C24H27N17O5/c1-8-46-22(44)15-10-29-40(6)21(15)36-34-17-12(3)38-42(19(17)27)24-30-23(31-25(32-24)45-7)41-18(26)16(11(2)37-41)33-35-20-14(13(4)43)9-28-39(20)5;1-10-15(32-34-19-12(14(43)9-42)7-27-38(19)3)17(25)40(36-10)22-29-23(31-24(30-22)46-6)41-18(26)16(11(2)37-41)33-35-20-13(21(44)45-5)8-28-39(20)4/h9-10H,8,26-27H2,1-7H3;7-8,42H,9,25-26H2,1-6H3. The third kappa shape index (κ3) is 12.4. The predicted octanol–water partition coefficient (Wildman–Crippen LogP) is 4.00. The lowest BCUT2D eigenvalue weighted by molar-refractivity contribution is 0.0525. The van der Waals surface area contributed by atoms with Crippen molar-refractivity contribution in [2.75, 3.05) is 57.5 Å². The number of rotatable bonds is 20. The zero-order chi connectivity index (χ0) is 66.6. The van der Waals surface area contributed by atoms with Gasteiger partial charge in [0.1, 0.15) is 17.7 Å². The fourth-order valence-corrected chi connectivity index (χ4v) is 8.21. The zero-order valence-corrected chi connectivity index (χ0v) is 51.2. The summed E-state index contributed by atoms with van der Waals surface area (Å²) in [5.74, 6) is -1.54. The smallest absolute Gasteiger partial charge is 0.343 e. The van der Waals surface area contributed by atoms with E-state index in [9.17, 15) is 24.3 Å². The van der Waals surface area contributed by atoms with Crippen LogP contribution >= 0.6 is 0 Å². The molecule has 0 bridgehead atoms. The lowest BCUT2D eigenvalue weighted by Crippen LogP contribution is -2.14. The minimum atomic E-state index is -0.720. The van der Waals surface area contributed by atoms with Crippen LogP contribution in [-0.4, -0.2) is 171 Å². The SMILES string of the molecule is CCOC(=O)c1cnn(C)c1N=Nc1c(C)nn(-c2nc(OC)nc(-n3nc(C)c(N=Nc4c(C(C)=O)cnn4C)c3N)n2)c1N.COC(=O)c1cnn(C)c1N=Nc1c(C)nn(-c2nc(OC)nc(-n3nc(C)c(N=Nc4c(C(=O)CO)cnn4C)c3N)n2)c1N. The van der Waals surface area contributed by atoms with E-state index in [1.165, 1.54) is 90.5 Å². The Morgan fingerprint density at radius 3 is 1.04 bits per heavy atom. The van der Waals surface area contributed by atoms with Crippen LogP contribution in [0.4, 0.5) is 69.3 Å². The summed E-state index contributed by atoms with van der Waals surface area (Å²) in [6.45, 7) is 9.15. The number of aryl methyl sites for hydroxylation is 8. The van der Waals surface area contributed by atoms with Crippen LogP contribution in [0, 0.1) is 27.7 Å². The van der Waals surface area contributed by atoms with Crippen LogP contribution in [0.15, 0.2) is 65.7 Å². The molecule has 0 aliphatic carbocycles. The second-order valence-corrected chi connectivity index (χ2v) is 18.9. The van der Waals surface area contributed by atoms with Crippen LogP contribution in [-0.2, 0) is 37.7 Å². The minimum Gasteiger partial charge on any atom is -0.467 e. The Morgan fingerprint density at radius 2 is 0.750 bits per heavy atom. The lowest BCUT2D eigenvalue weighted by atomic mass is 10.2. The molecule has 10 aromatic heterocycles. The number of aromatic nitrogens is 22. The number of nitrogen functional groups attached to an aromatic ring is 4. The molecule has 476 valence electrons. The number of hydrogen-bond acceptors (Lipinski definition) is 35. The average molecular weight is 1270 g/mol. The van der Waals surface area contributed by atoms with Gasteiger partial charge in [-0.25, -0.2) is 28.3 Å². The molecule has 43 nitrogen and oxygen atoms in total. The fraction of sp³-hybridized carbons (Fsp3) is 0.306. The van der Waals surface area contributed by atoms with Gasteiger partial charge in [0.05, 0.1) is 86.6 Å². The van der Waals surface area contributed by atoms with Crippen molar-refractivity contribution < 1.29 is 43.2 Å². The molecule has 0 radical (unpaired) electrons. The molecule has 9 N–H and O–H groups in total. The number of methoxy groups -OCH3 is 3. The summed E-state index contributed by atoms with van der Waals surface area (Å²) >= 11 is 0. The summed E-state index contributed by atoms with van der Waals surface area (Å²) in [4.78, 5) is 74.3. The van der Waals surface area contributed by atoms with Crippen LogP contribution in [0.25, 0.3) is 23.8 Å². The van der Waals surface area contributed by atoms with E-state index >= 15 is 0 Å². The molecule has 92 heavy (non-hydrogen) atoms. The number of ketones is 2. The van der Waals surface area contributed by atoms with Crippen molar-refractivity contribution >= 4 is 92.8 Å². The van der Waals surface area contributed by atoms with E-state index in [1.54, 1.807) is 62.8 Å². The van der Waals surface area contributed by atoms with Gasteiger partial charge in [-0.1, -0.05) is 0 Å². The molecule has 0 aromatic carbocycles. The second kappa shape index (κ2) is 26.2. The molecule has 0 amide bonds. The Kier molecular flexibility index (Phi) is 18.1. The van der Waals surface area contributed by atoms with Crippen molar-refractivity contribution in [3.05, 3.63) is 69.8 Å². The summed E-state index contributed by atoms with van der Waals surface area (Å²) in [5, 5.41) is 76.5. The zero-order valence-electron chi connectivity index (χ0n) is 51.2. The van der Waals surface area contributed by atoms with Crippen LogP contribution in [0.5, 0.6) is 12.0 Å². The fourth-order valence-electron chi connectivity index (χ4n) is 8.21. The molecular formula is C49H56N34O9. The van der Waals surface area contributed by atoms with E-state index in [2.05, 4.69) is 112 Å². The first-order valence-corrected chi connectivity index (χ1v) is 26.6. The Morgan fingerprint density at radius 1 is 0.457 bits per heavy atom. The van der Waals surface area contributed by atoms with Crippen LogP contribution in [0.1, 0.15) is 78.1 Å². The number of Topliss-reactive ketones (excluding diaryl/α,β-unsaturated/α-hetero) is 2. The number of azo groups is 4. The van der Waals surface area contributed by atoms with E-state index in [4.69, 9.17) is 41.9 Å². The number of carbonyl (C=O) groups is 4. The van der Waals surface area contributed by atoms with Crippen LogP contribution < -0.4 is 32.4 Å². The van der Waals surface area contributed by atoms with Crippen LogP contribution in [0.3, 0.4) is 0 Å². The number of ether oxygens (including phenoxy) is 4. The Hall–Kier alpha value is -12.9. The first-order chi connectivity index (χ1) is 43.9. The Balaban J connectivity index is 0.000000217. The maximum Gasteiger partial charge on any atom is 0.343 e. The van der Waals surface area contributed by atoms with Crippen molar-refractivity contribution in [1.82, 2.24) is 108 Å². The monoisotopic (exact) mass is 1260 g/mol. The van der Waals surface area contributed by atoms with Crippen molar-refractivity contribution in [2.24, 2.45) is 69.1 Å². The average Bonchev–Trinajstić information content (AvgIpc) is 1.62. The summed E-state index contributed by atoms with van der Waals surface area (Å²) in [5.41, 5.74) is 28.4. The molecule has 10 aromatic rings. The number of hydrogen-bond donors (Lipinski definition) is 5. The predicted molar refractivity (Wildman–Crippen MR) is 316 cm³/mol. The highest BCUT2D eigenvalue weighted by molar-refractivity contribution is 6.00. The number of nitrogens with zero attached hydrogens (tertiary/aromatic N) is 30. The normalized spacial score (nSPS) is 11.6. The molecule has 10 rings (SSSR count). The third-order valence-corrected chi connectivity index (χ3v) is 12.9. The molecule has 0 aliphatic rings. The van der Waals surface area contributed by atoms with E-state index < -0.39 is 24.3 Å². The Bertz CT molecular complexity index is 4500. The largest absolute Gasteiger partial charge is 0.467 e. The highest BCUT2D eigenvalue weighted by Crippen LogP contribution is 2.36. The first kappa shape index (κ1) is 63.6. The number of nitrogens with two attached hydrogens (primary N) is 4. The number of carbonyl (C=O) groups excluding carboxylic acids is 4. The summed E-state index contributed by atoms with van der Waals surface area (Å²) in [6, 6.07) is -0.215. The van der Waals surface area contributed by atoms with Gasteiger partial charge in [-0.2, -0.15) is 89.4 Å². The summed E-state index contributed by atoms with van der Waals surface area (Å²) in [6.07, 6.45) is 5.33. The minimum absolute atomic E-state index is 0.00523. The molecule has 0 saturated carbocycles. The second-order valence-electron chi connectivity index (χ2n) is 18.9. The number of anilines is 4. The van der Waals surface area contributed by atoms with E-state index in [0.29, 0.717) is 28.3 Å². The first-order valence-electron chi connectivity index (χ1n) is 26.6. The van der Waals surface area contributed by atoms with Gasteiger partial charge in [-0.05, 0) is 41.5 Å². The van der Waals surface area contributed by atoms with Gasteiger partial charge in [-0.3, -0.25) is 9.59 Å². The quantitative estimate of drug-likeness (QED) is 0.0409. The molecule has 0 spiro atoms. The van der Waals surface area contributed by atoms with Crippen molar-refractivity contribution in [3.8, 4) is 35.8 Å². The number of aliphatic hydroxyl groups is 1. The topological polar surface area (TPSA) is 548 Å². The van der Waals surface area contributed by atoms with E-state index in [1.807, 2.05) is 0 Å². The number of aliphatic hydroxyl groups excluding tert-OH is 1. The molecule has 0 saturated heterocycles. The molecule has 0 unspecified atom stereocenters. The van der Waals surface area contributed by atoms with Gasteiger partial charge in [0.15, 0.2) is 80.9 Å².